The third-order valence-corrected chi connectivity index (χ3v) is 2.66. The van der Waals surface area contributed by atoms with Crippen LogP contribution < -0.4 is 5.73 Å². The standard InChI is InChI=1S/C12H14N2O2/c1-7-2-3-8-9(6-14-11(8)4-7)10(13)5-12(15)16/h2-4,6,10,14H,5,13H2,1H3,(H,15,16)/t10-/m0/s1. The van der Waals surface area contributed by atoms with Crippen molar-refractivity contribution in [3.05, 3.63) is 35.5 Å². The van der Waals surface area contributed by atoms with Crippen molar-refractivity contribution in [2.75, 3.05) is 0 Å². The fraction of sp³-hybridized carbons (Fsp3) is 0.250. The highest BCUT2D eigenvalue weighted by molar-refractivity contribution is 5.84. The molecule has 1 aromatic heterocycles. The Kier molecular flexibility index (Phi) is 2.66. The van der Waals surface area contributed by atoms with E-state index < -0.39 is 12.0 Å². The number of hydrogen-bond acceptors (Lipinski definition) is 2. The van der Waals surface area contributed by atoms with Gasteiger partial charge in [0.1, 0.15) is 0 Å². The summed E-state index contributed by atoms with van der Waals surface area (Å²) in [5.74, 6) is -0.881. The number of benzene rings is 1. The third kappa shape index (κ3) is 1.92. The van der Waals surface area contributed by atoms with Crippen molar-refractivity contribution in [2.45, 2.75) is 19.4 Å². The SMILES string of the molecule is Cc1ccc2c([C@@H](N)CC(=O)O)c[nH]c2c1. The quantitative estimate of drug-likeness (QED) is 0.736. The molecule has 0 saturated heterocycles. The van der Waals surface area contributed by atoms with Crippen LogP contribution in [0.25, 0.3) is 10.9 Å². The number of carboxylic acid groups (broad SMARTS) is 1. The zero-order chi connectivity index (χ0) is 11.7. The first-order chi connectivity index (χ1) is 7.58. The molecular formula is C12H14N2O2. The fourth-order valence-corrected chi connectivity index (χ4v) is 1.87. The number of nitrogens with one attached hydrogen (secondary N) is 1. The van der Waals surface area contributed by atoms with Gasteiger partial charge < -0.3 is 15.8 Å². The lowest BCUT2D eigenvalue weighted by Crippen LogP contribution is -2.14. The largest absolute Gasteiger partial charge is 0.481 e. The molecule has 0 spiro atoms. The molecule has 4 N–H and O–H groups in total. The van der Waals surface area contributed by atoms with Crippen LogP contribution in [-0.2, 0) is 4.79 Å². The molecule has 0 fully saturated rings. The first-order valence-corrected chi connectivity index (χ1v) is 5.13. The number of aliphatic carboxylic acids is 1. The summed E-state index contributed by atoms with van der Waals surface area (Å²) in [5.41, 5.74) is 8.86. The van der Waals surface area contributed by atoms with E-state index in [0.29, 0.717) is 0 Å². The van der Waals surface area contributed by atoms with Gasteiger partial charge in [-0.1, -0.05) is 12.1 Å². The zero-order valence-corrected chi connectivity index (χ0v) is 9.03. The summed E-state index contributed by atoms with van der Waals surface area (Å²) in [5, 5.41) is 9.71. The predicted molar refractivity (Wildman–Crippen MR) is 62.2 cm³/mol. The van der Waals surface area contributed by atoms with Gasteiger partial charge in [0.25, 0.3) is 0 Å². The lowest BCUT2D eigenvalue weighted by atomic mass is 10.0. The smallest absolute Gasteiger partial charge is 0.305 e. The highest BCUT2D eigenvalue weighted by atomic mass is 16.4. The maximum Gasteiger partial charge on any atom is 0.305 e. The minimum Gasteiger partial charge on any atom is -0.481 e. The molecular weight excluding hydrogens is 204 g/mol. The van der Waals surface area contributed by atoms with E-state index in [-0.39, 0.29) is 6.42 Å². The number of hydrogen-bond donors (Lipinski definition) is 3. The molecule has 0 aliphatic rings. The van der Waals surface area contributed by atoms with Gasteiger partial charge in [0, 0.05) is 23.1 Å². The normalized spacial score (nSPS) is 12.9. The highest BCUT2D eigenvalue weighted by Crippen LogP contribution is 2.25. The van der Waals surface area contributed by atoms with Crippen LogP contribution in [0, 0.1) is 6.92 Å². The van der Waals surface area contributed by atoms with E-state index in [1.165, 1.54) is 0 Å². The minimum absolute atomic E-state index is 0.0547. The van der Waals surface area contributed by atoms with Crippen molar-refractivity contribution in [3.63, 3.8) is 0 Å². The molecule has 0 bridgehead atoms. The summed E-state index contributed by atoms with van der Waals surface area (Å²) >= 11 is 0. The molecule has 0 amide bonds. The van der Waals surface area contributed by atoms with Crippen LogP contribution in [0.3, 0.4) is 0 Å². The topological polar surface area (TPSA) is 79.1 Å². The van der Waals surface area contributed by atoms with Gasteiger partial charge in [-0.2, -0.15) is 0 Å². The van der Waals surface area contributed by atoms with E-state index >= 15 is 0 Å². The molecule has 0 radical (unpaired) electrons. The van der Waals surface area contributed by atoms with Crippen molar-refractivity contribution >= 4 is 16.9 Å². The Balaban J connectivity index is 2.41. The summed E-state index contributed by atoms with van der Waals surface area (Å²) in [7, 11) is 0. The number of carboxylic acids is 1. The van der Waals surface area contributed by atoms with E-state index in [9.17, 15) is 4.79 Å². The molecule has 0 aliphatic heterocycles. The molecule has 16 heavy (non-hydrogen) atoms. The molecule has 1 heterocycles. The van der Waals surface area contributed by atoms with Crippen LogP contribution in [0.4, 0.5) is 0 Å². The van der Waals surface area contributed by atoms with Crippen molar-refractivity contribution in [1.29, 1.82) is 0 Å². The number of rotatable bonds is 3. The number of aryl methyl sites for hydroxylation is 1. The third-order valence-electron chi connectivity index (χ3n) is 2.66. The van der Waals surface area contributed by atoms with Crippen LogP contribution in [-0.4, -0.2) is 16.1 Å². The summed E-state index contributed by atoms with van der Waals surface area (Å²) in [6.45, 7) is 2.01. The Labute approximate surface area is 93.1 Å². The number of carbonyl (C=O) groups is 1. The summed E-state index contributed by atoms with van der Waals surface area (Å²) in [4.78, 5) is 13.7. The summed E-state index contributed by atoms with van der Waals surface area (Å²) in [6.07, 6.45) is 1.73. The second-order valence-electron chi connectivity index (χ2n) is 4.00. The number of fused-ring (bicyclic) bond motifs is 1. The number of nitrogens with two attached hydrogens (primary N) is 1. The molecule has 1 atom stereocenters. The molecule has 0 saturated carbocycles. The van der Waals surface area contributed by atoms with Gasteiger partial charge in [-0.05, 0) is 24.1 Å². The van der Waals surface area contributed by atoms with Crippen LogP contribution >= 0.6 is 0 Å². The lowest BCUT2D eigenvalue weighted by Gasteiger charge is -2.07. The Bertz CT molecular complexity index is 531. The highest BCUT2D eigenvalue weighted by Gasteiger charge is 2.14. The van der Waals surface area contributed by atoms with Gasteiger partial charge in [-0.25, -0.2) is 0 Å². The first-order valence-electron chi connectivity index (χ1n) is 5.13. The molecule has 1 aromatic carbocycles. The molecule has 4 nitrogen and oxygen atoms in total. The Morgan fingerprint density at radius 2 is 2.31 bits per heavy atom. The fourth-order valence-electron chi connectivity index (χ4n) is 1.87. The monoisotopic (exact) mass is 218 g/mol. The van der Waals surface area contributed by atoms with Crippen LogP contribution in [0.5, 0.6) is 0 Å². The van der Waals surface area contributed by atoms with Crippen molar-refractivity contribution in [2.24, 2.45) is 5.73 Å². The van der Waals surface area contributed by atoms with Crippen LogP contribution in [0.1, 0.15) is 23.6 Å². The predicted octanol–water partition coefficient (Wildman–Crippen LogP) is 1.95. The van der Waals surface area contributed by atoms with Gasteiger partial charge in [0.15, 0.2) is 0 Å². The number of aromatic nitrogens is 1. The van der Waals surface area contributed by atoms with E-state index in [2.05, 4.69) is 4.98 Å². The molecule has 4 heteroatoms. The first kappa shape index (κ1) is 10.7. The second-order valence-corrected chi connectivity index (χ2v) is 4.00. The van der Waals surface area contributed by atoms with E-state index in [0.717, 1.165) is 22.0 Å². The van der Waals surface area contributed by atoms with Gasteiger partial charge in [0.2, 0.25) is 0 Å². The summed E-state index contributed by atoms with van der Waals surface area (Å²) < 4.78 is 0. The van der Waals surface area contributed by atoms with E-state index in [4.69, 9.17) is 10.8 Å². The molecule has 84 valence electrons. The van der Waals surface area contributed by atoms with Gasteiger partial charge in [-0.15, -0.1) is 0 Å². The number of aromatic amines is 1. The average Bonchev–Trinajstić information content (AvgIpc) is 2.59. The second kappa shape index (κ2) is 3.98. The maximum absolute atomic E-state index is 10.6. The Morgan fingerprint density at radius 1 is 1.56 bits per heavy atom. The molecule has 0 aliphatic carbocycles. The van der Waals surface area contributed by atoms with E-state index in [1.54, 1.807) is 6.20 Å². The maximum atomic E-state index is 10.6. The average molecular weight is 218 g/mol. The zero-order valence-electron chi connectivity index (χ0n) is 9.03. The summed E-state index contributed by atoms with van der Waals surface area (Å²) in [6, 6.07) is 5.52. The van der Waals surface area contributed by atoms with Gasteiger partial charge >= 0.3 is 5.97 Å². The Morgan fingerprint density at radius 3 is 3.00 bits per heavy atom. The van der Waals surface area contributed by atoms with E-state index in [1.807, 2.05) is 25.1 Å². The molecule has 0 unspecified atom stereocenters. The van der Waals surface area contributed by atoms with Crippen molar-refractivity contribution in [3.8, 4) is 0 Å². The van der Waals surface area contributed by atoms with Gasteiger partial charge in [0.05, 0.1) is 6.42 Å². The Hall–Kier alpha value is -1.81. The van der Waals surface area contributed by atoms with Crippen LogP contribution in [0.2, 0.25) is 0 Å². The molecule has 2 rings (SSSR count). The van der Waals surface area contributed by atoms with Gasteiger partial charge in [-0.3, -0.25) is 4.79 Å². The number of H-pyrrole nitrogens is 1. The van der Waals surface area contributed by atoms with Crippen molar-refractivity contribution < 1.29 is 9.90 Å². The minimum atomic E-state index is -0.881. The van der Waals surface area contributed by atoms with Crippen molar-refractivity contribution in [1.82, 2.24) is 4.98 Å². The van der Waals surface area contributed by atoms with Crippen LogP contribution in [0.15, 0.2) is 24.4 Å². The molecule has 2 aromatic rings. The lowest BCUT2D eigenvalue weighted by molar-refractivity contribution is -0.137.